The Hall–Kier alpha value is -5.12. The number of alkyl halides is 2. The Morgan fingerprint density at radius 1 is 1.04 bits per heavy atom. The number of hydrogen-bond donors (Lipinski definition) is 2. The molecule has 16 heteroatoms. The molecule has 5 aromatic rings. The van der Waals surface area contributed by atoms with Gasteiger partial charge in [-0.3, -0.25) is 18.9 Å². The van der Waals surface area contributed by atoms with Crippen LogP contribution in [0.4, 0.5) is 24.7 Å². The van der Waals surface area contributed by atoms with Crippen LogP contribution in [-0.4, -0.2) is 50.3 Å². The van der Waals surface area contributed by atoms with Crippen LogP contribution in [0.15, 0.2) is 61.1 Å². The van der Waals surface area contributed by atoms with Gasteiger partial charge < -0.3 is 15.2 Å². The summed E-state index contributed by atoms with van der Waals surface area (Å²) in [5.41, 5.74) is 9.22. The minimum atomic E-state index is -5.04. The van der Waals surface area contributed by atoms with Crippen LogP contribution in [0, 0.1) is 11.7 Å². The van der Waals surface area contributed by atoms with Gasteiger partial charge in [-0.15, -0.1) is 0 Å². The van der Waals surface area contributed by atoms with Gasteiger partial charge in [-0.25, -0.2) is 17.8 Å². The first-order valence-electron chi connectivity index (χ1n) is 16.8. The summed E-state index contributed by atoms with van der Waals surface area (Å²) < 4.78 is 81.8. The van der Waals surface area contributed by atoms with E-state index in [1.165, 1.54) is 42.5 Å². The number of esters is 1. The van der Waals surface area contributed by atoms with Crippen LogP contribution < -0.4 is 15.2 Å². The van der Waals surface area contributed by atoms with E-state index in [4.69, 9.17) is 20.3 Å². The molecule has 1 fully saturated rings. The summed E-state index contributed by atoms with van der Waals surface area (Å²) in [5.74, 6) is -4.34. The summed E-state index contributed by atoms with van der Waals surface area (Å²) in [4.78, 5) is 17.1. The summed E-state index contributed by atoms with van der Waals surface area (Å²) in [6.07, 6.45) is 7.53. The molecular weight excluding hydrogens is 700 g/mol. The van der Waals surface area contributed by atoms with Crippen molar-refractivity contribution in [1.29, 1.82) is 0 Å². The van der Waals surface area contributed by atoms with Crippen LogP contribution >= 0.6 is 0 Å². The van der Waals surface area contributed by atoms with Crippen molar-refractivity contribution in [1.82, 2.24) is 24.5 Å². The minimum absolute atomic E-state index is 0.0669. The first-order valence-corrected chi connectivity index (χ1v) is 18.3. The van der Waals surface area contributed by atoms with Gasteiger partial charge in [0.25, 0.3) is 10.0 Å². The Kier molecular flexibility index (Phi) is 9.96. The highest BCUT2D eigenvalue weighted by Crippen LogP contribution is 2.41. The van der Waals surface area contributed by atoms with Gasteiger partial charge in [0.15, 0.2) is 0 Å². The zero-order valence-electron chi connectivity index (χ0n) is 29.3. The molecule has 3 heterocycles. The van der Waals surface area contributed by atoms with Gasteiger partial charge in [0, 0.05) is 36.1 Å². The highest BCUT2D eigenvalue weighted by molar-refractivity contribution is 7.93. The predicted molar refractivity (Wildman–Crippen MR) is 190 cm³/mol. The first-order chi connectivity index (χ1) is 24.5. The lowest BCUT2D eigenvalue weighted by Gasteiger charge is -2.29. The normalized spacial score (nSPS) is 17.3. The lowest BCUT2D eigenvalue weighted by Crippen LogP contribution is -2.31. The Labute approximate surface area is 299 Å². The number of sulfonamides is 1. The second-order valence-corrected chi connectivity index (χ2v) is 15.6. The first kappa shape index (κ1) is 36.7. The number of nitrogens with two attached hydrogens (primary N) is 1. The maximum atomic E-state index is 13.6. The van der Waals surface area contributed by atoms with Crippen molar-refractivity contribution >= 4 is 38.4 Å². The van der Waals surface area contributed by atoms with Crippen molar-refractivity contribution in [2.75, 3.05) is 10.5 Å². The third-order valence-corrected chi connectivity index (χ3v) is 9.97. The third kappa shape index (κ3) is 7.71. The monoisotopic (exact) mass is 739 g/mol. The summed E-state index contributed by atoms with van der Waals surface area (Å²) in [6.45, 7) is 7.24. The second-order valence-electron chi connectivity index (χ2n) is 13.9. The number of anilines is 2. The number of carbonyl (C=O) groups is 1. The fourth-order valence-corrected chi connectivity index (χ4v) is 6.99. The lowest BCUT2D eigenvalue weighted by atomic mass is 9.86. The van der Waals surface area contributed by atoms with E-state index in [0.29, 0.717) is 46.1 Å². The van der Waals surface area contributed by atoms with Crippen LogP contribution in [0.1, 0.15) is 71.1 Å². The number of nitrogen functional groups attached to an aromatic ring is 1. The number of nitrogens with zero attached hydrogens (tertiary/aromatic N) is 5. The molecular formula is C36H40F3N7O5S. The van der Waals surface area contributed by atoms with E-state index in [1.807, 2.05) is 36.4 Å². The van der Waals surface area contributed by atoms with E-state index in [-0.39, 0.29) is 35.2 Å². The summed E-state index contributed by atoms with van der Waals surface area (Å²) >= 11 is 0. The smallest absolute Gasteiger partial charge is 0.355 e. The highest BCUT2D eigenvalue weighted by atomic mass is 32.2. The van der Waals surface area contributed by atoms with Crippen LogP contribution in [0.25, 0.3) is 33.3 Å². The number of ether oxygens (including phenoxy) is 2. The summed E-state index contributed by atoms with van der Waals surface area (Å²) in [6, 6.07) is 9.90. The van der Waals surface area contributed by atoms with Gasteiger partial charge in [0.2, 0.25) is 0 Å². The Morgan fingerprint density at radius 2 is 1.73 bits per heavy atom. The molecule has 1 aliphatic rings. The SMILES string of the molecule is C[C@H](Oc1cc(-c2nn(C)c3c(-c4cnn(C5CCC(C(=O)OC(C)(C)C)CC5)c4)cnc(N)c23)ccc1NS(=O)(=O)C(F)F)c1ccc(F)cc1. The molecule has 0 amide bonds. The van der Waals surface area contributed by atoms with Gasteiger partial charge >= 0.3 is 11.7 Å². The number of carbonyl (C=O) groups excluding carboxylic acids is 1. The number of hydrogen-bond acceptors (Lipinski definition) is 9. The van der Waals surface area contributed by atoms with Crippen LogP contribution in [0.3, 0.4) is 0 Å². The molecule has 3 N–H and O–H groups in total. The summed E-state index contributed by atoms with van der Waals surface area (Å²) in [5, 5.41) is 9.90. The molecule has 1 aliphatic carbocycles. The highest BCUT2D eigenvalue weighted by Gasteiger charge is 2.31. The number of nitrogens with one attached hydrogen (secondary N) is 1. The van der Waals surface area contributed by atoms with Crippen molar-refractivity contribution in [2.45, 2.75) is 76.9 Å². The number of aromatic nitrogens is 5. The molecule has 0 unspecified atom stereocenters. The van der Waals surface area contributed by atoms with Gasteiger partial charge in [0.05, 0.1) is 34.7 Å². The fraction of sp³-hybridized carbons (Fsp3) is 0.389. The van der Waals surface area contributed by atoms with Crippen molar-refractivity contribution in [3.05, 3.63) is 72.4 Å². The molecule has 3 aromatic heterocycles. The van der Waals surface area contributed by atoms with E-state index in [1.54, 1.807) is 31.0 Å². The average molecular weight is 740 g/mol. The molecule has 0 saturated heterocycles. The molecule has 2 aromatic carbocycles. The largest absolute Gasteiger partial charge is 0.484 e. The number of pyridine rings is 1. The minimum Gasteiger partial charge on any atom is -0.484 e. The molecule has 1 saturated carbocycles. The fourth-order valence-electron chi connectivity index (χ4n) is 6.43. The molecule has 0 spiro atoms. The third-order valence-electron chi connectivity index (χ3n) is 9.00. The van der Waals surface area contributed by atoms with E-state index >= 15 is 0 Å². The number of aryl methyl sites for hydroxylation is 1. The zero-order chi connectivity index (χ0) is 37.5. The van der Waals surface area contributed by atoms with E-state index < -0.39 is 33.3 Å². The van der Waals surface area contributed by atoms with Crippen LogP contribution in [0.5, 0.6) is 5.75 Å². The molecule has 6 rings (SSSR count). The number of rotatable bonds is 10. The Morgan fingerprint density at radius 3 is 2.38 bits per heavy atom. The topological polar surface area (TPSA) is 156 Å². The van der Waals surface area contributed by atoms with Crippen molar-refractivity contribution in [3.8, 4) is 28.1 Å². The van der Waals surface area contributed by atoms with Gasteiger partial charge in [-0.1, -0.05) is 18.2 Å². The second kappa shape index (κ2) is 14.1. The maximum absolute atomic E-state index is 13.6. The van der Waals surface area contributed by atoms with Crippen molar-refractivity contribution < 1.29 is 35.9 Å². The van der Waals surface area contributed by atoms with E-state index in [2.05, 4.69) is 10.1 Å². The van der Waals surface area contributed by atoms with Crippen molar-refractivity contribution in [2.24, 2.45) is 13.0 Å². The van der Waals surface area contributed by atoms with E-state index in [9.17, 15) is 26.4 Å². The number of fused-ring (bicyclic) bond motifs is 1. The molecule has 0 aliphatic heterocycles. The van der Waals surface area contributed by atoms with E-state index in [0.717, 1.165) is 18.4 Å². The Bertz CT molecular complexity index is 2210. The standard InChI is InChI=1S/C36H40F3N7O5S/c1-20(21-6-11-25(37)12-7-21)50-29-16-23(10-15-28(29)44-52(48,49)35(38)39)31-30-32(45(5)43-31)27(18-41-33(30)40)24-17-42-46(19-24)26-13-8-22(9-14-26)34(47)51-36(2,3)4/h6-7,10-12,15-20,22,26,35,44H,8-9,13-14H2,1-5H3,(H2,40,41)/t20-,22?,26?/m0/s1. The lowest BCUT2D eigenvalue weighted by molar-refractivity contribution is -0.161. The quantitative estimate of drug-likeness (QED) is 0.139. The van der Waals surface area contributed by atoms with Gasteiger partial charge in [-0.05, 0) is 83.2 Å². The maximum Gasteiger partial charge on any atom is 0.355 e. The predicted octanol–water partition coefficient (Wildman–Crippen LogP) is 7.40. The molecule has 0 radical (unpaired) electrons. The molecule has 1 atom stereocenters. The molecule has 12 nitrogen and oxygen atoms in total. The van der Waals surface area contributed by atoms with Crippen LogP contribution in [0.2, 0.25) is 0 Å². The molecule has 276 valence electrons. The molecule has 0 bridgehead atoms. The van der Waals surface area contributed by atoms with Crippen molar-refractivity contribution in [3.63, 3.8) is 0 Å². The Balaban J connectivity index is 1.32. The zero-order valence-corrected chi connectivity index (χ0v) is 30.1. The number of halogens is 3. The summed E-state index contributed by atoms with van der Waals surface area (Å²) in [7, 11) is -3.30. The number of benzene rings is 2. The van der Waals surface area contributed by atoms with Crippen LogP contribution in [-0.2, 0) is 26.6 Å². The van der Waals surface area contributed by atoms with Gasteiger partial charge in [-0.2, -0.15) is 19.0 Å². The molecule has 52 heavy (non-hydrogen) atoms. The van der Waals surface area contributed by atoms with Gasteiger partial charge in [0.1, 0.15) is 34.8 Å². The average Bonchev–Trinajstić information content (AvgIpc) is 3.71.